The molecular formula is C10H8N3NaO2. The van der Waals surface area contributed by atoms with Crippen molar-refractivity contribution in [2.45, 2.75) is 6.92 Å². The van der Waals surface area contributed by atoms with E-state index in [4.69, 9.17) is 0 Å². The van der Waals surface area contributed by atoms with Crippen molar-refractivity contribution in [1.29, 1.82) is 0 Å². The number of benzene rings is 1. The van der Waals surface area contributed by atoms with E-state index in [9.17, 15) is 9.90 Å². The van der Waals surface area contributed by atoms with Crippen LogP contribution < -0.4 is 34.7 Å². The number of carbonyl (C=O) groups is 1. The summed E-state index contributed by atoms with van der Waals surface area (Å²) < 4.78 is 0. The molecule has 0 radical (unpaired) electrons. The Morgan fingerprint density at radius 1 is 1.31 bits per heavy atom. The molecule has 1 aromatic carbocycles. The van der Waals surface area contributed by atoms with Gasteiger partial charge in [0.15, 0.2) is 0 Å². The zero-order valence-electron chi connectivity index (χ0n) is 9.04. The molecule has 0 saturated carbocycles. The summed E-state index contributed by atoms with van der Waals surface area (Å²) in [6, 6.07) is 4.99. The van der Waals surface area contributed by atoms with Gasteiger partial charge in [-0.05, 0) is 19.1 Å². The van der Waals surface area contributed by atoms with Gasteiger partial charge in [0, 0.05) is 5.56 Å². The first-order chi connectivity index (χ1) is 7.18. The first-order valence-corrected chi connectivity index (χ1v) is 4.37. The number of carbonyl (C=O) groups excluding carboxylic acids is 1. The second-order valence-corrected chi connectivity index (χ2v) is 3.13. The summed E-state index contributed by atoms with van der Waals surface area (Å²) in [5, 5.41) is 18.6. The van der Waals surface area contributed by atoms with Crippen LogP contribution >= 0.6 is 0 Å². The summed E-state index contributed by atoms with van der Waals surface area (Å²) in [5.74, 6) is -1.23. The fourth-order valence-corrected chi connectivity index (χ4v) is 1.33. The standard InChI is InChI=1S/C10H9N3O2.Na/c1-7-2-3-9(8(6-7)10(14)15)13-11-4-5-12-13;/h2-6H,1H3,(H,14,15);/q;+1/p-1. The molecule has 5 nitrogen and oxygen atoms in total. The maximum atomic E-state index is 10.9. The number of aryl methyl sites for hydroxylation is 1. The van der Waals surface area contributed by atoms with E-state index in [0.717, 1.165) is 5.56 Å². The van der Waals surface area contributed by atoms with Gasteiger partial charge in [-0.1, -0.05) is 11.6 Å². The van der Waals surface area contributed by atoms with Crippen LogP contribution in [0.5, 0.6) is 0 Å². The zero-order valence-corrected chi connectivity index (χ0v) is 11.0. The number of aromatic nitrogens is 3. The van der Waals surface area contributed by atoms with Crippen LogP contribution in [0.3, 0.4) is 0 Å². The van der Waals surface area contributed by atoms with Crippen molar-refractivity contribution in [2.75, 3.05) is 0 Å². The zero-order chi connectivity index (χ0) is 10.8. The summed E-state index contributed by atoms with van der Waals surface area (Å²) in [4.78, 5) is 12.1. The Morgan fingerprint density at radius 2 is 1.94 bits per heavy atom. The molecule has 0 saturated heterocycles. The summed E-state index contributed by atoms with van der Waals surface area (Å²) in [6.45, 7) is 1.81. The molecule has 1 aromatic heterocycles. The number of carboxylic acids is 1. The van der Waals surface area contributed by atoms with Gasteiger partial charge in [-0.2, -0.15) is 15.0 Å². The number of aromatic carboxylic acids is 1. The summed E-state index contributed by atoms with van der Waals surface area (Å²) in [7, 11) is 0. The molecule has 0 aliphatic rings. The van der Waals surface area contributed by atoms with Crippen LogP contribution in [0, 0.1) is 6.92 Å². The Labute approximate surface area is 114 Å². The fraction of sp³-hybridized carbons (Fsp3) is 0.100. The van der Waals surface area contributed by atoms with Crippen molar-refractivity contribution in [3.05, 3.63) is 41.7 Å². The van der Waals surface area contributed by atoms with Crippen molar-refractivity contribution in [2.24, 2.45) is 0 Å². The van der Waals surface area contributed by atoms with Gasteiger partial charge in [0.2, 0.25) is 0 Å². The predicted octanol–water partition coefficient (Wildman–Crippen LogP) is -3.06. The number of hydrogen-bond donors (Lipinski definition) is 0. The van der Waals surface area contributed by atoms with E-state index in [0.29, 0.717) is 5.69 Å². The second-order valence-electron chi connectivity index (χ2n) is 3.13. The Hall–Kier alpha value is -1.17. The molecule has 1 heterocycles. The molecule has 16 heavy (non-hydrogen) atoms. The summed E-state index contributed by atoms with van der Waals surface area (Å²) in [6.07, 6.45) is 2.97. The first kappa shape index (κ1) is 12.9. The van der Waals surface area contributed by atoms with E-state index in [1.807, 2.05) is 6.92 Å². The number of carboxylic acid groups (broad SMARTS) is 1. The third-order valence-corrected chi connectivity index (χ3v) is 2.01. The van der Waals surface area contributed by atoms with E-state index in [2.05, 4.69) is 10.2 Å². The normalized spacial score (nSPS) is 9.56. The molecule has 0 spiro atoms. The average Bonchev–Trinajstić information content (AvgIpc) is 2.70. The molecule has 76 valence electrons. The average molecular weight is 225 g/mol. The van der Waals surface area contributed by atoms with Gasteiger partial charge in [0.1, 0.15) is 0 Å². The SMILES string of the molecule is Cc1ccc(-n2nccn2)c(C(=O)[O-])c1.[Na+]. The summed E-state index contributed by atoms with van der Waals surface area (Å²) >= 11 is 0. The van der Waals surface area contributed by atoms with Gasteiger partial charge < -0.3 is 9.90 Å². The van der Waals surface area contributed by atoms with E-state index in [-0.39, 0.29) is 35.1 Å². The van der Waals surface area contributed by atoms with Crippen LogP contribution in [0.25, 0.3) is 5.69 Å². The second kappa shape index (κ2) is 5.25. The predicted molar refractivity (Wildman–Crippen MR) is 50.4 cm³/mol. The maximum Gasteiger partial charge on any atom is 1.00 e. The van der Waals surface area contributed by atoms with Gasteiger partial charge in [-0.25, -0.2) is 0 Å². The molecule has 6 heteroatoms. The van der Waals surface area contributed by atoms with E-state index in [1.54, 1.807) is 12.1 Å². The smallest absolute Gasteiger partial charge is 0.545 e. The molecule has 2 aromatic rings. The van der Waals surface area contributed by atoms with E-state index >= 15 is 0 Å². The molecule has 0 aliphatic carbocycles. The van der Waals surface area contributed by atoms with Crippen LogP contribution in [-0.4, -0.2) is 21.0 Å². The monoisotopic (exact) mass is 225 g/mol. The number of hydrogen-bond acceptors (Lipinski definition) is 4. The Kier molecular flexibility index (Phi) is 4.23. The third-order valence-electron chi connectivity index (χ3n) is 2.01. The molecule has 0 atom stereocenters. The number of rotatable bonds is 2. The first-order valence-electron chi connectivity index (χ1n) is 4.37. The molecule has 0 aliphatic heterocycles. The Balaban J connectivity index is 0.00000128. The minimum absolute atomic E-state index is 0. The molecule has 2 rings (SSSR count). The van der Waals surface area contributed by atoms with Crippen LogP contribution in [0.2, 0.25) is 0 Å². The topological polar surface area (TPSA) is 70.8 Å². The Morgan fingerprint density at radius 3 is 2.50 bits per heavy atom. The number of nitrogens with zero attached hydrogens (tertiary/aromatic N) is 3. The molecule has 0 bridgehead atoms. The fourth-order valence-electron chi connectivity index (χ4n) is 1.33. The van der Waals surface area contributed by atoms with Gasteiger partial charge in [0.05, 0.1) is 24.1 Å². The Bertz CT molecular complexity index is 497. The molecular weight excluding hydrogens is 217 g/mol. The molecule has 0 amide bonds. The van der Waals surface area contributed by atoms with Gasteiger partial charge in [0.25, 0.3) is 0 Å². The van der Waals surface area contributed by atoms with Crippen molar-refractivity contribution in [1.82, 2.24) is 15.0 Å². The van der Waals surface area contributed by atoms with Crippen LogP contribution in [0.4, 0.5) is 0 Å². The van der Waals surface area contributed by atoms with Gasteiger partial charge >= 0.3 is 29.6 Å². The van der Waals surface area contributed by atoms with Gasteiger partial charge in [-0.15, -0.1) is 0 Å². The van der Waals surface area contributed by atoms with Crippen molar-refractivity contribution in [3.63, 3.8) is 0 Å². The van der Waals surface area contributed by atoms with Crippen LogP contribution in [-0.2, 0) is 0 Å². The summed E-state index contributed by atoms with van der Waals surface area (Å²) in [5.41, 5.74) is 1.35. The van der Waals surface area contributed by atoms with Crippen LogP contribution in [0.1, 0.15) is 15.9 Å². The minimum Gasteiger partial charge on any atom is -0.545 e. The van der Waals surface area contributed by atoms with E-state index in [1.165, 1.54) is 23.3 Å². The van der Waals surface area contributed by atoms with Crippen molar-refractivity contribution < 1.29 is 39.5 Å². The van der Waals surface area contributed by atoms with E-state index < -0.39 is 5.97 Å². The minimum atomic E-state index is -1.23. The molecule has 0 fully saturated rings. The molecule has 0 unspecified atom stereocenters. The van der Waals surface area contributed by atoms with Crippen LogP contribution in [0.15, 0.2) is 30.6 Å². The third kappa shape index (κ3) is 2.49. The molecule has 0 N–H and O–H groups in total. The quantitative estimate of drug-likeness (QED) is 0.509. The largest absolute Gasteiger partial charge is 1.00 e. The van der Waals surface area contributed by atoms with Crippen molar-refractivity contribution in [3.8, 4) is 5.69 Å². The van der Waals surface area contributed by atoms with Gasteiger partial charge in [-0.3, -0.25) is 0 Å². The van der Waals surface area contributed by atoms with Crippen molar-refractivity contribution >= 4 is 5.97 Å². The maximum absolute atomic E-state index is 10.9.